The molecule has 0 saturated carbocycles. The van der Waals surface area contributed by atoms with E-state index < -0.39 is 11.6 Å². The Bertz CT molecular complexity index is 594. The minimum Gasteiger partial charge on any atom is -0.494 e. The highest BCUT2D eigenvalue weighted by Crippen LogP contribution is 2.31. The minimum absolute atomic E-state index is 0.0496. The number of ether oxygens (including phenoxy) is 1. The molecule has 0 saturated heterocycles. The van der Waals surface area contributed by atoms with Crippen molar-refractivity contribution >= 4 is 6.29 Å². The maximum atomic E-state index is 14.0. The van der Waals surface area contributed by atoms with Crippen LogP contribution in [-0.4, -0.2) is 13.4 Å². The summed E-state index contributed by atoms with van der Waals surface area (Å²) in [6, 6.07) is 8.11. The standard InChI is InChI=1S/C14H10F2O2/c1-18-13-4-2-3-11(14(13)16)12-7-10(15)6-5-9(12)8-17/h2-8H,1H3. The Hall–Kier alpha value is -2.23. The van der Waals surface area contributed by atoms with E-state index in [2.05, 4.69) is 0 Å². The van der Waals surface area contributed by atoms with E-state index in [-0.39, 0.29) is 22.4 Å². The highest BCUT2D eigenvalue weighted by atomic mass is 19.1. The van der Waals surface area contributed by atoms with Crippen molar-refractivity contribution in [3.8, 4) is 16.9 Å². The van der Waals surface area contributed by atoms with Crippen LogP contribution in [0.4, 0.5) is 8.78 Å². The molecule has 0 heterocycles. The molecule has 0 amide bonds. The van der Waals surface area contributed by atoms with E-state index in [1.165, 1.54) is 25.3 Å². The van der Waals surface area contributed by atoms with Gasteiger partial charge in [0.2, 0.25) is 0 Å². The lowest BCUT2D eigenvalue weighted by Gasteiger charge is -2.09. The van der Waals surface area contributed by atoms with Gasteiger partial charge in [-0.2, -0.15) is 0 Å². The number of halogens is 2. The number of methoxy groups -OCH3 is 1. The lowest BCUT2D eigenvalue weighted by Crippen LogP contribution is -1.95. The summed E-state index contributed by atoms with van der Waals surface area (Å²) in [6.45, 7) is 0. The smallest absolute Gasteiger partial charge is 0.172 e. The van der Waals surface area contributed by atoms with Crippen LogP contribution in [0.1, 0.15) is 10.4 Å². The van der Waals surface area contributed by atoms with Gasteiger partial charge in [-0.05, 0) is 29.8 Å². The number of benzene rings is 2. The molecule has 18 heavy (non-hydrogen) atoms. The molecule has 0 aliphatic rings. The number of hydrogen-bond acceptors (Lipinski definition) is 2. The van der Waals surface area contributed by atoms with Crippen LogP contribution in [-0.2, 0) is 0 Å². The fraction of sp³-hybridized carbons (Fsp3) is 0.0714. The zero-order valence-electron chi connectivity index (χ0n) is 9.61. The van der Waals surface area contributed by atoms with Crippen molar-refractivity contribution in [2.45, 2.75) is 0 Å². The second-order valence-corrected chi connectivity index (χ2v) is 3.67. The van der Waals surface area contributed by atoms with Gasteiger partial charge in [0.1, 0.15) is 5.82 Å². The zero-order valence-corrected chi connectivity index (χ0v) is 9.61. The molecule has 2 nitrogen and oxygen atoms in total. The first-order valence-electron chi connectivity index (χ1n) is 5.25. The Balaban J connectivity index is 2.68. The second-order valence-electron chi connectivity index (χ2n) is 3.67. The molecule has 0 aliphatic heterocycles. The fourth-order valence-electron chi connectivity index (χ4n) is 1.74. The van der Waals surface area contributed by atoms with Gasteiger partial charge in [0.05, 0.1) is 7.11 Å². The predicted octanol–water partition coefficient (Wildman–Crippen LogP) is 3.45. The molecule has 0 fully saturated rings. The number of aldehydes is 1. The Morgan fingerprint density at radius 1 is 1.11 bits per heavy atom. The molecule has 2 rings (SSSR count). The molecule has 0 atom stereocenters. The summed E-state index contributed by atoms with van der Waals surface area (Å²) in [4.78, 5) is 10.9. The van der Waals surface area contributed by atoms with Gasteiger partial charge in [0.15, 0.2) is 17.9 Å². The molecule has 0 aliphatic carbocycles. The maximum Gasteiger partial charge on any atom is 0.172 e. The van der Waals surface area contributed by atoms with E-state index in [9.17, 15) is 13.6 Å². The molecular weight excluding hydrogens is 238 g/mol. The molecule has 0 spiro atoms. The topological polar surface area (TPSA) is 26.3 Å². The van der Waals surface area contributed by atoms with Crippen LogP contribution < -0.4 is 4.74 Å². The zero-order chi connectivity index (χ0) is 13.1. The molecule has 0 bridgehead atoms. The van der Waals surface area contributed by atoms with Gasteiger partial charge in [-0.25, -0.2) is 8.78 Å². The molecular formula is C14H10F2O2. The Morgan fingerprint density at radius 3 is 2.56 bits per heavy atom. The van der Waals surface area contributed by atoms with Crippen molar-refractivity contribution in [2.75, 3.05) is 7.11 Å². The number of rotatable bonds is 3. The third kappa shape index (κ3) is 2.09. The normalized spacial score (nSPS) is 10.2. The van der Waals surface area contributed by atoms with Crippen LogP contribution in [0.3, 0.4) is 0 Å². The van der Waals surface area contributed by atoms with E-state index in [1.807, 2.05) is 0 Å². The van der Waals surface area contributed by atoms with Gasteiger partial charge in [-0.1, -0.05) is 12.1 Å². The van der Waals surface area contributed by atoms with Gasteiger partial charge in [0.25, 0.3) is 0 Å². The summed E-state index contributed by atoms with van der Waals surface area (Å²) in [5.74, 6) is -1.10. The molecule has 2 aromatic carbocycles. The van der Waals surface area contributed by atoms with Gasteiger partial charge >= 0.3 is 0 Å². The summed E-state index contributed by atoms with van der Waals surface area (Å²) >= 11 is 0. The van der Waals surface area contributed by atoms with Crippen molar-refractivity contribution in [2.24, 2.45) is 0 Å². The lowest BCUT2D eigenvalue weighted by atomic mass is 9.99. The summed E-state index contributed by atoms with van der Waals surface area (Å²) in [5.41, 5.74) is 0.570. The van der Waals surface area contributed by atoms with Crippen LogP contribution in [0, 0.1) is 11.6 Å². The molecule has 0 radical (unpaired) electrons. The molecule has 0 unspecified atom stereocenters. The van der Waals surface area contributed by atoms with Crippen molar-refractivity contribution in [3.63, 3.8) is 0 Å². The summed E-state index contributed by atoms with van der Waals surface area (Å²) < 4.78 is 32.1. The van der Waals surface area contributed by atoms with E-state index in [4.69, 9.17) is 4.74 Å². The summed E-state index contributed by atoms with van der Waals surface area (Å²) in [7, 11) is 1.34. The van der Waals surface area contributed by atoms with Crippen LogP contribution in [0.25, 0.3) is 11.1 Å². The van der Waals surface area contributed by atoms with Crippen molar-refractivity contribution in [3.05, 3.63) is 53.6 Å². The third-order valence-corrected chi connectivity index (χ3v) is 2.62. The van der Waals surface area contributed by atoms with E-state index >= 15 is 0 Å². The molecule has 92 valence electrons. The quantitative estimate of drug-likeness (QED) is 0.777. The van der Waals surface area contributed by atoms with E-state index in [0.29, 0.717) is 6.29 Å². The van der Waals surface area contributed by atoms with Crippen LogP contribution in [0.15, 0.2) is 36.4 Å². The number of carbonyl (C=O) groups is 1. The van der Waals surface area contributed by atoms with E-state index in [0.717, 1.165) is 12.1 Å². The monoisotopic (exact) mass is 248 g/mol. The van der Waals surface area contributed by atoms with Crippen LogP contribution >= 0.6 is 0 Å². The van der Waals surface area contributed by atoms with E-state index in [1.54, 1.807) is 6.07 Å². The van der Waals surface area contributed by atoms with Crippen LogP contribution in [0.5, 0.6) is 5.75 Å². The van der Waals surface area contributed by atoms with Gasteiger partial charge in [-0.15, -0.1) is 0 Å². The molecule has 0 N–H and O–H groups in total. The maximum absolute atomic E-state index is 14.0. The van der Waals surface area contributed by atoms with Crippen LogP contribution in [0.2, 0.25) is 0 Å². The number of hydrogen-bond donors (Lipinski definition) is 0. The Labute approximate surface area is 103 Å². The highest BCUT2D eigenvalue weighted by molar-refractivity contribution is 5.88. The summed E-state index contributed by atoms with van der Waals surface area (Å²) in [5, 5.41) is 0. The van der Waals surface area contributed by atoms with Crippen molar-refractivity contribution < 1.29 is 18.3 Å². The molecule has 4 heteroatoms. The third-order valence-electron chi connectivity index (χ3n) is 2.62. The minimum atomic E-state index is -0.617. The second kappa shape index (κ2) is 4.96. The molecule has 0 aromatic heterocycles. The first-order chi connectivity index (χ1) is 8.67. The number of carbonyl (C=O) groups excluding carboxylic acids is 1. The highest BCUT2D eigenvalue weighted by Gasteiger charge is 2.14. The van der Waals surface area contributed by atoms with Crippen molar-refractivity contribution in [1.82, 2.24) is 0 Å². The SMILES string of the molecule is COc1cccc(-c2cc(F)ccc2C=O)c1F. The van der Waals surface area contributed by atoms with Crippen molar-refractivity contribution in [1.29, 1.82) is 0 Å². The molecule has 2 aromatic rings. The van der Waals surface area contributed by atoms with Gasteiger partial charge < -0.3 is 4.74 Å². The predicted molar refractivity (Wildman–Crippen MR) is 63.7 cm³/mol. The summed E-state index contributed by atoms with van der Waals surface area (Å²) in [6.07, 6.45) is 0.563. The first-order valence-corrected chi connectivity index (χ1v) is 5.25. The van der Waals surface area contributed by atoms with Gasteiger partial charge in [-0.3, -0.25) is 4.79 Å². The lowest BCUT2D eigenvalue weighted by molar-refractivity contribution is 0.112. The Kier molecular flexibility index (Phi) is 3.37. The average molecular weight is 248 g/mol. The first kappa shape index (κ1) is 12.2. The largest absolute Gasteiger partial charge is 0.494 e. The van der Waals surface area contributed by atoms with Gasteiger partial charge in [0, 0.05) is 11.1 Å². The average Bonchev–Trinajstić information content (AvgIpc) is 2.39. The fourth-order valence-corrected chi connectivity index (χ4v) is 1.74. The Morgan fingerprint density at radius 2 is 1.89 bits per heavy atom.